The maximum atomic E-state index is 16.1. The van der Waals surface area contributed by atoms with E-state index >= 15 is 8.78 Å². The van der Waals surface area contributed by atoms with Gasteiger partial charge >= 0.3 is 5.92 Å². The highest BCUT2D eigenvalue weighted by Gasteiger charge is 2.59. The van der Waals surface area contributed by atoms with Crippen molar-refractivity contribution < 1.29 is 28.2 Å². The molecule has 0 radical (unpaired) electrons. The van der Waals surface area contributed by atoms with Crippen molar-refractivity contribution in [2.24, 2.45) is 0 Å². The largest absolute Gasteiger partial charge is 0.391 e. The number of fused-ring (bicyclic) bond motifs is 3. The number of halogens is 3. The molecule has 0 spiro atoms. The van der Waals surface area contributed by atoms with Gasteiger partial charge in [-0.3, -0.25) is 9.78 Å². The summed E-state index contributed by atoms with van der Waals surface area (Å²) in [7, 11) is 0. The number of tetrazole rings is 1. The molecule has 7 rings (SSSR count). The van der Waals surface area contributed by atoms with Crippen LogP contribution in [0.25, 0.3) is 22.5 Å². The van der Waals surface area contributed by atoms with Crippen molar-refractivity contribution in [1.82, 2.24) is 30.5 Å². The predicted octanol–water partition coefficient (Wildman–Crippen LogP) is 4.75. The lowest BCUT2D eigenvalue weighted by molar-refractivity contribution is -0.207. The number of aliphatic hydroxyl groups excluding tert-OH is 1. The second-order valence-corrected chi connectivity index (χ2v) is 13.0. The number of aliphatic hydroxyl groups is 2. The minimum atomic E-state index is -3.87. The predicted molar refractivity (Wildman–Crippen MR) is 185 cm³/mol. The van der Waals surface area contributed by atoms with Crippen LogP contribution >= 0.6 is 0 Å². The molecule has 0 bridgehead atoms. The van der Waals surface area contributed by atoms with Crippen molar-refractivity contribution in [3.8, 4) is 22.5 Å². The number of benzene rings is 3. The van der Waals surface area contributed by atoms with E-state index in [0.29, 0.717) is 17.5 Å². The molecule has 1 saturated heterocycles. The van der Waals surface area contributed by atoms with E-state index in [-0.39, 0.29) is 28.9 Å². The molecule has 3 aromatic carbocycles. The Balaban J connectivity index is 0.992. The summed E-state index contributed by atoms with van der Waals surface area (Å²) in [5, 5.41) is 35.3. The van der Waals surface area contributed by atoms with E-state index in [4.69, 9.17) is 0 Å². The number of amides is 1. The molecule has 0 aliphatic carbocycles. The van der Waals surface area contributed by atoms with E-state index in [2.05, 4.69) is 35.6 Å². The third-order valence-corrected chi connectivity index (χ3v) is 9.86. The monoisotopic (exact) mass is 698 g/mol. The zero-order valence-corrected chi connectivity index (χ0v) is 28.0. The molecule has 0 unspecified atom stereocenters. The van der Waals surface area contributed by atoms with Crippen molar-refractivity contribution in [1.29, 1.82) is 0 Å². The molecular formula is C37H37F3N8O3. The molecule has 1 fully saturated rings. The number of hydrogen-bond donors (Lipinski definition) is 3. The van der Waals surface area contributed by atoms with Crippen LogP contribution in [0.4, 0.5) is 24.5 Å². The fraction of sp³-hybridized carbons (Fsp3) is 0.324. The Bertz CT molecular complexity index is 2010. The highest BCUT2D eigenvalue weighted by atomic mass is 19.3. The van der Waals surface area contributed by atoms with Gasteiger partial charge in [-0.15, -0.1) is 5.10 Å². The first-order chi connectivity index (χ1) is 24.5. The number of anilines is 2. The summed E-state index contributed by atoms with van der Waals surface area (Å²) >= 11 is 0. The Morgan fingerprint density at radius 2 is 1.57 bits per heavy atom. The minimum Gasteiger partial charge on any atom is -0.391 e. The Morgan fingerprint density at radius 3 is 2.16 bits per heavy atom. The van der Waals surface area contributed by atoms with Gasteiger partial charge in [-0.1, -0.05) is 31.2 Å². The number of pyridine rings is 1. The van der Waals surface area contributed by atoms with Crippen LogP contribution in [-0.2, 0) is 18.1 Å². The third kappa shape index (κ3) is 6.29. The Kier molecular flexibility index (Phi) is 8.98. The van der Waals surface area contributed by atoms with Gasteiger partial charge in [-0.25, -0.2) is 9.07 Å². The molecule has 1 amide bonds. The lowest BCUT2D eigenvalue weighted by atomic mass is 9.80. The first-order valence-electron chi connectivity index (χ1n) is 16.8. The number of rotatable bonds is 9. The second kappa shape index (κ2) is 13.4. The van der Waals surface area contributed by atoms with Crippen molar-refractivity contribution in [2.75, 3.05) is 36.0 Å². The lowest BCUT2D eigenvalue weighted by Crippen LogP contribution is -2.49. The first-order valence-corrected chi connectivity index (χ1v) is 16.8. The molecule has 14 heteroatoms. The summed E-state index contributed by atoms with van der Waals surface area (Å²) in [6.45, 7) is 6.08. The zero-order chi connectivity index (χ0) is 35.9. The van der Waals surface area contributed by atoms with Gasteiger partial charge < -0.3 is 25.3 Å². The van der Waals surface area contributed by atoms with Crippen LogP contribution in [0.1, 0.15) is 41.9 Å². The molecular weight excluding hydrogens is 661 g/mol. The normalized spacial score (nSPS) is 18.5. The van der Waals surface area contributed by atoms with Gasteiger partial charge in [-0.05, 0) is 83.9 Å². The van der Waals surface area contributed by atoms with Crippen molar-refractivity contribution in [2.45, 2.75) is 50.5 Å². The summed E-state index contributed by atoms with van der Waals surface area (Å²) in [6, 6.07) is 20.9. The van der Waals surface area contributed by atoms with Crippen molar-refractivity contribution >= 4 is 17.3 Å². The molecule has 3 N–H and O–H groups in total. The summed E-state index contributed by atoms with van der Waals surface area (Å²) in [6.07, 6.45) is 1.36. The highest BCUT2D eigenvalue weighted by molar-refractivity contribution is 5.94. The fourth-order valence-corrected chi connectivity index (χ4v) is 6.83. The quantitative estimate of drug-likeness (QED) is 0.200. The van der Waals surface area contributed by atoms with Gasteiger partial charge in [-0.2, -0.15) is 8.78 Å². The maximum absolute atomic E-state index is 16.1. The fourth-order valence-electron chi connectivity index (χ4n) is 6.83. The zero-order valence-electron chi connectivity index (χ0n) is 28.0. The third-order valence-electron chi connectivity index (χ3n) is 9.86. The molecule has 4 heterocycles. The van der Waals surface area contributed by atoms with E-state index in [0.717, 1.165) is 66.0 Å². The van der Waals surface area contributed by atoms with Crippen LogP contribution in [0.3, 0.4) is 0 Å². The molecule has 2 aromatic heterocycles. The number of carbonyl (C=O) groups is 1. The van der Waals surface area contributed by atoms with Crippen LogP contribution in [-0.4, -0.2) is 79.6 Å². The van der Waals surface area contributed by atoms with E-state index in [9.17, 15) is 19.4 Å². The maximum Gasteiger partial charge on any atom is 0.323 e. The average Bonchev–Trinajstić information content (AvgIpc) is 3.62. The van der Waals surface area contributed by atoms with Crippen LogP contribution in [0.2, 0.25) is 0 Å². The van der Waals surface area contributed by atoms with Gasteiger partial charge in [0.05, 0.1) is 18.7 Å². The lowest BCUT2D eigenvalue weighted by Gasteiger charge is -2.39. The number of alkyl halides is 2. The van der Waals surface area contributed by atoms with Gasteiger partial charge in [0.25, 0.3) is 5.91 Å². The molecule has 2 aliphatic heterocycles. The van der Waals surface area contributed by atoms with Crippen LogP contribution in [0, 0.1) is 5.82 Å². The molecule has 51 heavy (non-hydrogen) atoms. The molecule has 0 saturated carbocycles. The summed E-state index contributed by atoms with van der Waals surface area (Å²) in [5.74, 6) is -4.66. The summed E-state index contributed by atoms with van der Waals surface area (Å²) < 4.78 is 47.4. The highest BCUT2D eigenvalue weighted by Crippen LogP contribution is 2.50. The van der Waals surface area contributed by atoms with E-state index in [1.807, 2.05) is 43.3 Å². The Labute approximate surface area is 292 Å². The van der Waals surface area contributed by atoms with E-state index in [1.54, 1.807) is 19.1 Å². The number of nitrogens with zero attached hydrogens (tertiary/aromatic N) is 7. The van der Waals surface area contributed by atoms with E-state index < -0.39 is 35.7 Å². The molecule has 2 aliphatic rings. The summed E-state index contributed by atoms with van der Waals surface area (Å²) in [5.41, 5.74) is 0.395. The molecule has 11 nitrogen and oxygen atoms in total. The smallest absolute Gasteiger partial charge is 0.323 e. The number of carbonyl (C=O) groups excluding carboxylic acids is 1. The molecule has 264 valence electrons. The standard InChI is InChI=1S/C37H37F3N8O3/c1-3-32(23(2)49)42-35(50)25-6-12-29(13-7-25)47-18-16-46(17-19-47)28-10-4-24(5-11-28)26-8-15-33(41-21-26)37(39,40)36(51)22-48-34(43-44-45-48)30-20-27(38)9-14-31(30)36/h4-15,20-21,23,32,49,51H,3,16-19,22H2,1-2H3,(H,42,50)/t23-,32-,36-/m0/s1. The molecule has 5 aromatic rings. The van der Waals surface area contributed by atoms with E-state index in [1.165, 1.54) is 18.3 Å². The summed E-state index contributed by atoms with van der Waals surface area (Å²) in [4.78, 5) is 21.2. The topological polar surface area (TPSA) is 133 Å². The van der Waals surface area contributed by atoms with Gasteiger partial charge in [0.15, 0.2) is 11.4 Å². The van der Waals surface area contributed by atoms with Crippen LogP contribution in [0.5, 0.6) is 0 Å². The Morgan fingerprint density at radius 1 is 0.941 bits per heavy atom. The van der Waals surface area contributed by atoms with Gasteiger partial charge in [0.1, 0.15) is 11.5 Å². The second-order valence-electron chi connectivity index (χ2n) is 13.0. The van der Waals surface area contributed by atoms with Crippen molar-refractivity contribution in [3.05, 3.63) is 108 Å². The average molecular weight is 699 g/mol. The minimum absolute atomic E-state index is 0.0123. The van der Waals surface area contributed by atoms with Crippen molar-refractivity contribution in [3.63, 3.8) is 0 Å². The number of hydrogen-bond acceptors (Lipinski definition) is 9. The van der Waals surface area contributed by atoms with Gasteiger partial charge in [0, 0.05) is 66.0 Å². The first kappa shape index (κ1) is 34.1. The number of nitrogens with one attached hydrogen (secondary N) is 1. The van der Waals surface area contributed by atoms with Gasteiger partial charge in [0.2, 0.25) is 0 Å². The Hall–Kier alpha value is -5.34. The number of aromatic nitrogens is 5. The van der Waals surface area contributed by atoms with Crippen LogP contribution < -0.4 is 15.1 Å². The number of piperazine rings is 1. The van der Waals surface area contributed by atoms with Crippen LogP contribution in [0.15, 0.2) is 85.1 Å². The molecule has 3 atom stereocenters. The SMILES string of the molecule is CC[C@H](NC(=O)c1ccc(N2CCN(c3ccc(-c4ccc(C(F)(F)[C@]5(O)Cn6nnnc6-c6cc(F)ccc65)nc4)cc3)CC2)cc1)[C@H](C)O.